The van der Waals surface area contributed by atoms with E-state index in [1.54, 1.807) is 0 Å². The zero-order valence-electron chi connectivity index (χ0n) is 14.1. The van der Waals surface area contributed by atoms with E-state index < -0.39 is 0 Å². The number of alkyl halides is 1. The van der Waals surface area contributed by atoms with Crippen LogP contribution in [0.3, 0.4) is 0 Å². The Labute approximate surface area is 140 Å². The molecular weight excluding hydrogens is 369 g/mol. The van der Waals surface area contributed by atoms with Gasteiger partial charge in [0.25, 0.3) is 0 Å². The van der Waals surface area contributed by atoms with E-state index in [4.69, 9.17) is 0 Å². The maximum atomic E-state index is 2.54. The second-order valence-electron chi connectivity index (χ2n) is 5.83. The van der Waals surface area contributed by atoms with Crippen molar-refractivity contribution in [2.24, 2.45) is 0 Å². The normalized spacial score (nSPS) is 11.0. The van der Waals surface area contributed by atoms with E-state index in [1.165, 1.54) is 44.8 Å². The molecule has 0 heterocycles. The molecule has 0 bridgehead atoms. The van der Waals surface area contributed by atoms with Crippen LogP contribution in [-0.2, 0) is 0 Å². The summed E-state index contributed by atoms with van der Waals surface area (Å²) in [5.41, 5.74) is 11.1. The molecule has 0 spiro atoms. The minimum atomic E-state index is -0.0614. The van der Waals surface area contributed by atoms with Crippen LogP contribution in [0.25, 0.3) is 0 Å². The maximum absolute atomic E-state index is 2.54. The second-order valence-corrected chi connectivity index (χ2v) is 7.76. The molecule has 0 saturated heterocycles. The zero-order valence-corrected chi connectivity index (χ0v) is 16.3. The van der Waals surface area contributed by atoms with Gasteiger partial charge in [-0.1, -0.05) is 0 Å². The van der Waals surface area contributed by atoms with Crippen molar-refractivity contribution >= 4 is 11.4 Å². The summed E-state index contributed by atoms with van der Waals surface area (Å²) >= 11 is -0.0614. The summed E-state index contributed by atoms with van der Waals surface area (Å²) in [6.45, 7) is 13.3. The predicted molar refractivity (Wildman–Crippen MR) is 89.4 cm³/mol. The van der Waals surface area contributed by atoms with Crippen molar-refractivity contribution in [3.63, 3.8) is 0 Å². The molecule has 0 unspecified atom stereocenters. The van der Waals surface area contributed by atoms with Crippen LogP contribution in [0.5, 0.6) is 0 Å². The van der Waals surface area contributed by atoms with Gasteiger partial charge in [0.2, 0.25) is 0 Å². The fourth-order valence-electron chi connectivity index (χ4n) is 2.73. The van der Waals surface area contributed by atoms with Crippen LogP contribution in [-0.4, -0.2) is 4.93 Å². The van der Waals surface area contributed by atoms with Gasteiger partial charge in [0.05, 0.1) is 0 Å². The first-order chi connectivity index (χ1) is 9.86. The molecule has 2 heteroatoms. The number of nitrogens with zero attached hydrogens (tertiary/aromatic N) is 1. The van der Waals surface area contributed by atoms with Gasteiger partial charge in [-0.2, -0.15) is 0 Å². The van der Waals surface area contributed by atoms with Gasteiger partial charge in [-0.3, -0.25) is 0 Å². The van der Waals surface area contributed by atoms with E-state index in [9.17, 15) is 0 Å². The topological polar surface area (TPSA) is 3.24 Å². The van der Waals surface area contributed by atoms with Crippen molar-refractivity contribution in [2.45, 2.75) is 41.5 Å². The molecule has 0 amide bonds. The van der Waals surface area contributed by atoms with Gasteiger partial charge in [0, 0.05) is 0 Å². The average molecular weight is 394 g/mol. The zero-order chi connectivity index (χ0) is 15.7. The summed E-state index contributed by atoms with van der Waals surface area (Å²) in [6, 6.07) is 9.14. The average Bonchev–Trinajstić information content (AvgIpc) is 2.44. The predicted octanol–water partition coefficient (Wildman–Crippen LogP) is 2.31. The van der Waals surface area contributed by atoms with Gasteiger partial charge in [-0.25, -0.2) is 0 Å². The third-order valence-corrected chi connectivity index (χ3v) is 6.40. The van der Waals surface area contributed by atoms with Crippen LogP contribution in [0.15, 0.2) is 24.3 Å². The fourth-order valence-corrected chi connectivity index (χ4v) is 4.81. The van der Waals surface area contributed by atoms with Crippen LogP contribution in [0.4, 0.5) is 11.4 Å². The first kappa shape index (κ1) is 16.3. The van der Waals surface area contributed by atoms with Gasteiger partial charge in [-0.05, 0) is 0 Å². The van der Waals surface area contributed by atoms with Crippen molar-refractivity contribution in [1.29, 1.82) is 0 Å². The summed E-state index contributed by atoms with van der Waals surface area (Å²) in [5, 5.41) is 0. The third-order valence-electron chi connectivity index (χ3n) is 4.40. The molecule has 2 aromatic carbocycles. The molecule has 0 aliphatic carbocycles. The third kappa shape index (κ3) is 3.10. The summed E-state index contributed by atoms with van der Waals surface area (Å²) in [5.74, 6) is 0. The Bertz CT molecular complexity index is 674. The molecule has 0 aliphatic heterocycles. The SMILES string of the molecule is C[I-]N(c1ccc(C)cc1C)c1cc(C)c(C)c(C)c1C. The van der Waals surface area contributed by atoms with Gasteiger partial charge in [0.1, 0.15) is 0 Å². The Balaban J connectivity index is 2.62. The quantitative estimate of drug-likeness (QED) is 0.439. The summed E-state index contributed by atoms with van der Waals surface area (Å²) in [6.07, 6.45) is 0. The van der Waals surface area contributed by atoms with Crippen molar-refractivity contribution in [3.05, 3.63) is 57.6 Å². The van der Waals surface area contributed by atoms with Gasteiger partial charge < -0.3 is 0 Å². The van der Waals surface area contributed by atoms with E-state index in [2.05, 4.69) is 73.9 Å². The standard InChI is InChI=1S/C19H25IN/c1-12-8-9-18(14(3)10-12)21(20-7)19-11-13(2)15(4)16(5)17(19)6/h8-11H,1-7H3/q-1. The summed E-state index contributed by atoms with van der Waals surface area (Å²) in [4.78, 5) is 2.34. The van der Waals surface area contributed by atoms with E-state index in [-0.39, 0.29) is 21.5 Å². The van der Waals surface area contributed by atoms with E-state index in [1.807, 2.05) is 0 Å². The van der Waals surface area contributed by atoms with Crippen molar-refractivity contribution < 1.29 is 21.5 Å². The van der Waals surface area contributed by atoms with Gasteiger partial charge in [0.15, 0.2) is 0 Å². The number of aryl methyl sites for hydroxylation is 3. The van der Waals surface area contributed by atoms with E-state index in [0.29, 0.717) is 0 Å². The molecule has 2 rings (SSSR count). The monoisotopic (exact) mass is 394 g/mol. The first-order valence-electron chi connectivity index (χ1n) is 7.31. The van der Waals surface area contributed by atoms with Crippen LogP contribution in [0, 0.1) is 41.5 Å². The number of halogens is 1. The van der Waals surface area contributed by atoms with Crippen LogP contribution < -0.4 is 24.6 Å². The molecule has 0 radical (unpaired) electrons. The van der Waals surface area contributed by atoms with Crippen LogP contribution in [0.1, 0.15) is 33.4 Å². The summed E-state index contributed by atoms with van der Waals surface area (Å²) in [7, 11) is 0. The van der Waals surface area contributed by atoms with E-state index in [0.717, 1.165) is 0 Å². The van der Waals surface area contributed by atoms with E-state index >= 15 is 0 Å². The molecule has 0 saturated carbocycles. The molecule has 0 aliphatic rings. The molecule has 0 fully saturated rings. The first-order valence-corrected chi connectivity index (χ1v) is 10.4. The van der Waals surface area contributed by atoms with Crippen LogP contribution >= 0.6 is 0 Å². The number of benzene rings is 2. The Kier molecular flexibility index (Phi) is 4.97. The van der Waals surface area contributed by atoms with Crippen molar-refractivity contribution in [2.75, 3.05) is 8.04 Å². The summed E-state index contributed by atoms with van der Waals surface area (Å²) < 4.78 is 2.54. The molecule has 0 N–H and O–H groups in total. The number of hydrogen-bond donors (Lipinski definition) is 0. The van der Waals surface area contributed by atoms with Crippen molar-refractivity contribution in [3.8, 4) is 0 Å². The van der Waals surface area contributed by atoms with Gasteiger partial charge >= 0.3 is 140 Å². The Morgan fingerprint density at radius 2 is 1.38 bits per heavy atom. The number of rotatable bonds is 3. The fraction of sp³-hybridized carbons (Fsp3) is 0.368. The molecular formula is C19H25IN-. The van der Waals surface area contributed by atoms with Crippen LogP contribution in [0.2, 0.25) is 0 Å². The van der Waals surface area contributed by atoms with Gasteiger partial charge in [-0.15, -0.1) is 0 Å². The number of hydrogen-bond acceptors (Lipinski definition) is 1. The minimum absolute atomic E-state index is 0.0614. The molecule has 2 aromatic rings. The molecule has 1 nitrogen and oxygen atoms in total. The molecule has 114 valence electrons. The van der Waals surface area contributed by atoms with Crippen molar-refractivity contribution in [1.82, 2.24) is 0 Å². The Morgan fingerprint density at radius 3 is 1.95 bits per heavy atom. The molecule has 21 heavy (non-hydrogen) atoms. The molecule has 0 atom stereocenters. The Hall–Kier alpha value is -1.03. The Morgan fingerprint density at radius 1 is 0.714 bits per heavy atom. The number of anilines is 2. The second kappa shape index (κ2) is 6.39. The molecule has 0 aromatic heterocycles.